The molecule has 4 aliphatic heterocycles. The monoisotopic (exact) mass is 635 g/mol. The maximum atomic E-state index is 14.6. The standard InChI is InChI=1S/C36H49N3O7/c1-3-4-12-21-38-22-13-8-11-18-28(41)37-25(2)31(26-16-9-7-10-17-26)45-35(44)29-27-19-20-36(46-27)30(29)33(42)39(32(36)34(38)43)23-14-5-6-15-24-40/h7-10,13,16-17,19-20,25,27,29-32,40H,3-6,11-12,14-15,18,21-24H2,1-2H3,(H,37,41)/b13-8-/t25-,27+,29-,30-,31+,32+,36-/m0/s1. The van der Waals surface area contributed by atoms with Crippen molar-refractivity contribution in [2.24, 2.45) is 11.8 Å². The van der Waals surface area contributed by atoms with Crippen LogP contribution in [0.25, 0.3) is 0 Å². The number of amides is 3. The number of rotatable bonds is 11. The summed E-state index contributed by atoms with van der Waals surface area (Å²) in [5.41, 5.74) is -0.537. The third kappa shape index (κ3) is 6.93. The number of fused-ring (bicyclic) bond motifs is 2. The van der Waals surface area contributed by atoms with E-state index in [0.717, 1.165) is 37.7 Å². The van der Waals surface area contributed by atoms with Gasteiger partial charge in [0.15, 0.2) is 0 Å². The van der Waals surface area contributed by atoms with Gasteiger partial charge in [-0.05, 0) is 38.2 Å². The number of unbranched alkanes of at least 4 members (excludes halogenated alkanes) is 5. The van der Waals surface area contributed by atoms with E-state index in [2.05, 4.69) is 12.2 Å². The summed E-state index contributed by atoms with van der Waals surface area (Å²) in [5, 5.41) is 12.2. The summed E-state index contributed by atoms with van der Waals surface area (Å²) < 4.78 is 12.8. The fourth-order valence-corrected chi connectivity index (χ4v) is 7.46. The zero-order valence-corrected chi connectivity index (χ0v) is 27.1. The van der Waals surface area contributed by atoms with Gasteiger partial charge in [0.25, 0.3) is 0 Å². The highest BCUT2D eigenvalue weighted by Gasteiger charge is 2.73. The van der Waals surface area contributed by atoms with E-state index < -0.39 is 47.7 Å². The van der Waals surface area contributed by atoms with E-state index in [-0.39, 0.29) is 30.7 Å². The van der Waals surface area contributed by atoms with Crippen LogP contribution in [0.5, 0.6) is 0 Å². The van der Waals surface area contributed by atoms with Gasteiger partial charge in [-0.15, -0.1) is 0 Å². The second kappa shape index (κ2) is 15.4. The highest BCUT2D eigenvalue weighted by Crippen LogP contribution is 2.56. The first kappa shape index (κ1) is 33.9. The van der Waals surface area contributed by atoms with E-state index in [1.807, 2.05) is 55.5 Å². The van der Waals surface area contributed by atoms with Gasteiger partial charge < -0.3 is 29.7 Å². The molecule has 2 fully saturated rings. The largest absolute Gasteiger partial charge is 0.455 e. The van der Waals surface area contributed by atoms with Crippen molar-refractivity contribution in [3.8, 4) is 0 Å². The summed E-state index contributed by atoms with van der Waals surface area (Å²) in [6.45, 7) is 5.28. The van der Waals surface area contributed by atoms with Crippen LogP contribution in [0, 0.1) is 11.8 Å². The molecule has 250 valence electrons. The molecule has 4 heterocycles. The number of hydrogen-bond donors (Lipinski definition) is 2. The van der Waals surface area contributed by atoms with E-state index in [0.29, 0.717) is 38.9 Å². The highest BCUT2D eigenvalue weighted by molar-refractivity contribution is 5.99. The minimum atomic E-state index is -1.27. The number of cyclic esters (lactones) is 1. The summed E-state index contributed by atoms with van der Waals surface area (Å²) in [4.78, 5) is 59.5. The first-order valence-electron chi connectivity index (χ1n) is 17.1. The first-order valence-corrected chi connectivity index (χ1v) is 17.1. The van der Waals surface area contributed by atoms with Crippen LogP contribution < -0.4 is 5.32 Å². The average molecular weight is 636 g/mol. The number of aliphatic hydroxyl groups is 1. The molecular formula is C36H49N3O7. The number of aliphatic hydroxyl groups excluding tert-OH is 1. The molecule has 4 aliphatic rings. The van der Waals surface area contributed by atoms with Gasteiger partial charge >= 0.3 is 5.97 Å². The molecule has 1 spiro atoms. The molecule has 2 saturated heterocycles. The first-order chi connectivity index (χ1) is 22.3. The minimum Gasteiger partial charge on any atom is -0.455 e. The topological polar surface area (TPSA) is 125 Å². The fraction of sp³-hybridized carbons (Fsp3) is 0.611. The lowest BCUT2D eigenvalue weighted by Crippen LogP contribution is -2.56. The minimum absolute atomic E-state index is 0.116. The van der Waals surface area contributed by atoms with Gasteiger partial charge in [0.2, 0.25) is 17.7 Å². The summed E-state index contributed by atoms with van der Waals surface area (Å²) >= 11 is 0. The van der Waals surface area contributed by atoms with Gasteiger partial charge in [-0.2, -0.15) is 0 Å². The smallest absolute Gasteiger partial charge is 0.313 e. The van der Waals surface area contributed by atoms with Crippen LogP contribution in [0.2, 0.25) is 0 Å². The molecule has 0 radical (unpaired) electrons. The second-order valence-corrected chi connectivity index (χ2v) is 13.0. The molecule has 2 N–H and O–H groups in total. The quantitative estimate of drug-likeness (QED) is 0.215. The average Bonchev–Trinajstić information content (AvgIpc) is 3.69. The van der Waals surface area contributed by atoms with Crippen molar-refractivity contribution in [1.82, 2.24) is 15.1 Å². The van der Waals surface area contributed by atoms with Crippen molar-refractivity contribution in [3.63, 3.8) is 0 Å². The molecule has 0 saturated carbocycles. The Morgan fingerprint density at radius 3 is 2.48 bits per heavy atom. The predicted molar refractivity (Wildman–Crippen MR) is 172 cm³/mol. The number of carbonyl (C=O) groups excluding carboxylic acids is 4. The zero-order valence-electron chi connectivity index (χ0n) is 27.1. The van der Waals surface area contributed by atoms with E-state index in [1.54, 1.807) is 15.9 Å². The van der Waals surface area contributed by atoms with Gasteiger partial charge in [-0.25, -0.2) is 0 Å². The number of nitrogens with zero attached hydrogens (tertiary/aromatic N) is 2. The van der Waals surface area contributed by atoms with Gasteiger partial charge in [-0.1, -0.05) is 87.2 Å². The molecule has 1 aromatic carbocycles. The molecule has 0 aliphatic carbocycles. The molecule has 10 heteroatoms. The maximum Gasteiger partial charge on any atom is 0.313 e. The Morgan fingerprint density at radius 1 is 0.957 bits per heavy atom. The number of carbonyl (C=O) groups is 4. The summed E-state index contributed by atoms with van der Waals surface area (Å²) in [6.07, 6.45) is 12.5. The number of hydrogen-bond acceptors (Lipinski definition) is 7. The van der Waals surface area contributed by atoms with Gasteiger partial charge in [0.05, 0.1) is 18.1 Å². The van der Waals surface area contributed by atoms with Crippen LogP contribution in [0.4, 0.5) is 0 Å². The summed E-state index contributed by atoms with van der Waals surface area (Å²) in [7, 11) is 0. The molecule has 1 aromatic rings. The van der Waals surface area contributed by atoms with Crippen molar-refractivity contribution < 1.29 is 33.8 Å². The predicted octanol–water partition coefficient (Wildman–Crippen LogP) is 3.85. The van der Waals surface area contributed by atoms with Crippen LogP contribution in [0.3, 0.4) is 0 Å². The second-order valence-electron chi connectivity index (χ2n) is 13.0. The van der Waals surface area contributed by atoms with Gasteiger partial charge in [-0.3, -0.25) is 19.2 Å². The number of likely N-dealkylation sites (tertiary alicyclic amines) is 1. The van der Waals surface area contributed by atoms with Crippen molar-refractivity contribution in [2.45, 2.75) is 102 Å². The van der Waals surface area contributed by atoms with Crippen molar-refractivity contribution in [1.29, 1.82) is 0 Å². The highest BCUT2D eigenvalue weighted by atomic mass is 16.6. The molecule has 3 amide bonds. The Morgan fingerprint density at radius 2 is 1.72 bits per heavy atom. The van der Waals surface area contributed by atoms with Gasteiger partial charge in [0, 0.05) is 32.7 Å². The molecular weight excluding hydrogens is 586 g/mol. The molecule has 46 heavy (non-hydrogen) atoms. The zero-order chi connectivity index (χ0) is 32.7. The summed E-state index contributed by atoms with van der Waals surface area (Å²) in [6, 6.07) is 7.85. The van der Waals surface area contributed by atoms with Crippen LogP contribution >= 0.6 is 0 Å². The van der Waals surface area contributed by atoms with Crippen molar-refractivity contribution in [3.05, 3.63) is 60.2 Å². The number of benzene rings is 1. The Balaban J connectivity index is 1.52. The Hall–Kier alpha value is -3.50. The third-order valence-corrected chi connectivity index (χ3v) is 9.77. The number of allylic oxidation sites excluding steroid dienone is 1. The van der Waals surface area contributed by atoms with Crippen molar-refractivity contribution in [2.75, 3.05) is 26.2 Å². The van der Waals surface area contributed by atoms with E-state index in [1.165, 1.54) is 0 Å². The molecule has 5 bridgehead atoms. The van der Waals surface area contributed by atoms with Crippen LogP contribution in [-0.4, -0.2) is 88.6 Å². The number of ether oxygens (including phenoxy) is 2. The van der Waals surface area contributed by atoms with Crippen LogP contribution in [-0.2, 0) is 28.7 Å². The number of esters is 1. The molecule has 10 nitrogen and oxygen atoms in total. The Labute approximate surface area is 272 Å². The van der Waals surface area contributed by atoms with Crippen LogP contribution in [0.15, 0.2) is 54.6 Å². The lowest BCUT2D eigenvalue weighted by atomic mass is 9.74. The maximum absolute atomic E-state index is 14.6. The molecule has 7 atom stereocenters. The molecule has 5 rings (SSSR count). The molecule has 0 aromatic heterocycles. The lowest BCUT2D eigenvalue weighted by Gasteiger charge is -2.36. The van der Waals surface area contributed by atoms with Gasteiger partial charge in [0.1, 0.15) is 23.7 Å². The van der Waals surface area contributed by atoms with E-state index in [9.17, 15) is 24.3 Å². The Bertz CT molecular complexity index is 1300. The molecule has 0 unspecified atom stereocenters. The van der Waals surface area contributed by atoms with E-state index >= 15 is 0 Å². The van der Waals surface area contributed by atoms with E-state index in [4.69, 9.17) is 9.47 Å². The third-order valence-electron chi connectivity index (χ3n) is 9.77. The number of nitrogens with one attached hydrogen (secondary N) is 1. The summed E-state index contributed by atoms with van der Waals surface area (Å²) in [5.74, 6) is -3.02. The van der Waals surface area contributed by atoms with Crippen LogP contribution in [0.1, 0.15) is 83.3 Å². The SMILES string of the molecule is CCCCCN1C/C=C\CCC(=O)N[C@@H](C)[C@H](c2ccccc2)OC(=O)[C@@H]2[C@H]3C(=O)N(CCCCCCO)[C@H](C1=O)[C@]31C=C[C@H]2O1. The lowest BCUT2D eigenvalue weighted by molar-refractivity contribution is -0.161. The Kier molecular flexibility index (Phi) is 11.3. The normalized spacial score (nSPS) is 32.1. The van der Waals surface area contributed by atoms with Crippen molar-refractivity contribution >= 4 is 23.7 Å². The fourth-order valence-electron chi connectivity index (χ4n) is 7.46.